The fourth-order valence-electron chi connectivity index (χ4n) is 1.64. The Morgan fingerprint density at radius 2 is 1.79 bits per heavy atom. The van der Waals surface area contributed by atoms with E-state index in [1.165, 1.54) is 0 Å². The summed E-state index contributed by atoms with van der Waals surface area (Å²) in [5.41, 5.74) is 0.889. The smallest absolute Gasteiger partial charge is 0.110 e. The third-order valence-electron chi connectivity index (χ3n) is 2.50. The summed E-state index contributed by atoms with van der Waals surface area (Å²) in [5, 5.41) is 4.14. The van der Waals surface area contributed by atoms with Gasteiger partial charge in [0, 0.05) is 39.2 Å². The van der Waals surface area contributed by atoms with E-state index in [0.29, 0.717) is 0 Å². The Hall–Kier alpha value is -1.86. The molecule has 1 heterocycles. The van der Waals surface area contributed by atoms with E-state index < -0.39 is 0 Å². The van der Waals surface area contributed by atoms with E-state index in [2.05, 4.69) is 11.2 Å². The van der Waals surface area contributed by atoms with Crippen LogP contribution in [0.4, 0.5) is 0 Å². The summed E-state index contributed by atoms with van der Waals surface area (Å²) in [5.74, 6) is 1.58. The van der Waals surface area contributed by atoms with E-state index in [0.717, 1.165) is 17.2 Å². The predicted molar refractivity (Wildman–Crippen MR) is 68.9 cm³/mol. The van der Waals surface area contributed by atoms with E-state index in [-0.39, 0.29) is 21.1 Å². The van der Waals surface area contributed by atoms with Gasteiger partial charge in [0.25, 0.3) is 0 Å². The molecule has 0 spiro atoms. The minimum absolute atomic E-state index is 0. The molecule has 0 aliphatic heterocycles. The van der Waals surface area contributed by atoms with E-state index >= 15 is 0 Å². The monoisotopic (exact) mass is 430 g/mol. The van der Waals surface area contributed by atoms with Crippen LogP contribution in [0.5, 0.6) is 11.5 Å². The standard InChI is InChI=1S/C15H11N2O.Pt/c1-2-5-14(6-3-1)18-15-9-7-13(8-10-15)17-12-4-11-16-17;/h1-7,9-12H;/q-1;. The molecule has 3 rings (SSSR count). The number of para-hydroxylation sites is 1. The van der Waals surface area contributed by atoms with Gasteiger partial charge in [-0.05, 0) is 23.9 Å². The fourth-order valence-corrected chi connectivity index (χ4v) is 1.64. The minimum atomic E-state index is 0. The van der Waals surface area contributed by atoms with E-state index in [1.54, 1.807) is 10.9 Å². The molecule has 3 aromatic rings. The molecule has 98 valence electrons. The maximum Gasteiger partial charge on any atom is 0.110 e. The first-order valence-corrected chi connectivity index (χ1v) is 5.66. The summed E-state index contributed by atoms with van der Waals surface area (Å²) >= 11 is 0. The van der Waals surface area contributed by atoms with Crippen LogP contribution < -0.4 is 4.74 Å². The summed E-state index contributed by atoms with van der Waals surface area (Å²) in [6.07, 6.45) is 3.62. The zero-order chi connectivity index (χ0) is 12.2. The van der Waals surface area contributed by atoms with E-state index in [9.17, 15) is 0 Å². The van der Waals surface area contributed by atoms with Crippen molar-refractivity contribution in [1.29, 1.82) is 0 Å². The summed E-state index contributed by atoms with van der Waals surface area (Å²) in [4.78, 5) is 0. The summed E-state index contributed by atoms with van der Waals surface area (Å²) in [7, 11) is 0. The molecule has 0 amide bonds. The molecule has 0 saturated carbocycles. The van der Waals surface area contributed by atoms with Crippen LogP contribution in [0.2, 0.25) is 0 Å². The average Bonchev–Trinajstić information content (AvgIpc) is 2.95. The first-order valence-electron chi connectivity index (χ1n) is 5.66. The second kappa shape index (κ2) is 6.35. The number of ether oxygens (including phenoxy) is 1. The van der Waals surface area contributed by atoms with Crippen molar-refractivity contribution in [2.24, 2.45) is 0 Å². The van der Waals surface area contributed by atoms with Crippen LogP contribution in [0.15, 0.2) is 67.0 Å². The Labute approximate surface area is 126 Å². The van der Waals surface area contributed by atoms with Gasteiger partial charge in [-0.25, -0.2) is 0 Å². The molecule has 19 heavy (non-hydrogen) atoms. The fraction of sp³-hybridized carbons (Fsp3) is 0. The van der Waals surface area contributed by atoms with E-state index in [1.807, 2.05) is 60.8 Å². The third kappa shape index (κ3) is 3.33. The second-order valence-corrected chi connectivity index (χ2v) is 3.78. The largest absolute Gasteiger partial charge is 0.517 e. The third-order valence-corrected chi connectivity index (χ3v) is 2.50. The molecule has 0 aliphatic rings. The molecule has 2 aromatic carbocycles. The van der Waals surface area contributed by atoms with Crippen LogP contribution in [0.25, 0.3) is 5.69 Å². The van der Waals surface area contributed by atoms with Crippen molar-refractivity contribution in [3.05, 3.63) is 73.1 Å². The number of benzene rings is 2. The van der Waals surface area contributed by atoms with Crippen LogP contribution in [0.3, 0.4) is 0 Å². The quantitative estimate of drug-likeness (QED) is 0.596. The van der Waals surface area contributed by atoms with Gasteiger partial charge in [-0.1, -0.05) is 18.2 Å². The zero-order valence-electron chi connectivity index (χ0n) is 9.97. The maximum atomic E-state index is 5.69. The molecule has 0 fully saturated rings. The second-order valence-electron chi connectivity index (χ2n) is 3.78. The van der Waals surface area contributed by atoms with Crippen molar-refractivity contribution in [2.75, 3.05) is 0 Å². The van der Waals surface area contributed by atoms with Crippen molar-refractivity contribution in [2.45, 2.75) is 0 Å². The molecule has 1 aromatic heterocycles. The van der Waals surface area contributed by atoms with Crippen LogP contribution in [-0.4, -0.2) is 9.78 Å². The summed E-state index contributed by atoms with van der Waals surface area (Å²) < 4.78 is 7.45. The number of hydrogen-bond acceptors (Lipinski definition) is 2. The molecule has 0 bridgehead atoms. The zero-order valence-corrected chi connectivity index (χ0v) is 12.2. The van der Waals surface area contributed by atoms with Crippen molar-refractivity contribution in [3.63, 3.8) is 0 Å². The molecule has 4 heteroatoms. The maximum absolute atomic E-state index is 5.69. The van der Waals surface area contributed by atoms with Gasteiger partial charge in [0.2, 0.25) is 0 Å². The van der Waals surface area contributed by atoms with Gasteiger partial charge in [0.15, 0.2) is 0 Å². The van der Waals surface area contributed by atoms with E-state index in [4.69, 9.17) is 4.74 Å². The van der Waals surface area contributed by atoms with Gasteiger partial charge in [-0.15, -0.1) is 18.2 Å². The summed E-state index contributed by atoms with van der Waals surface area (Å²) in [6.45, 7) is 0. The van der Waals surface area contributed by atoms with Gasteiger partial charge in [0.05, 0.1) is 0 Å². The topological polar surface area (TPSA) is 27.1 Å². The first-order chi connectivity index (χ1) is 8.92. The van der Waals surface area contributed by atoms with Crippen molar-refractivity contribution in [3.8, 4) is 17.2 Å². The van der Waals surface area contributed by atoms with Gasteiger partial charge in [0.1, 0.15) is 5.75 Å². The molecular formula is C15H11N2OPt-. The molecule has 0 unspecified atom stereocenters. The Kier molecular flexibility index (Phi) is 4.53. The van der Waals surface area contributed by atoms with Crippen molar-refractivity contribution in [1.82, 2.24) is 9.78 Å². The summed E-state index contributed by atoms with van der Waals surface area (Å²) in [6, 6.07) is 20.3. The molecule has 0 saturated heterocycles. The molecular weight excluding hydrogens is 419 g/mol. The van der Waals surface area contributed by atoms with Gasteiger partial charge in [-0.2, -0.15) is 11.2 Å². The normalized spacial score (nSPS) is 9.68. The van der Waals surface area contributed by atoms with Crippen LogP contribution in [-0.2, 0) is 21.1 Å². The van der Waals surface area contributed by atoms with Gasteiger partial charge in [-0.3, -0.25) is 4.68 Å². The minimum Gasteiger partial charge on any atom is -0.517 e. The van der Waals surface area contributed by atoms with Gasteiger partial charge < -0.3 is 4.74 Å². The molecule has 3 nitrogen and oxygen atoms in total. The van der Waals surface area contributed by atoms with Crippen LogP contribution in [0, 0.1) is 6.07 Å². The predicted octanol–water partition coefficient (Wildman–Crippen LogP) is 3.46. The number of rotatable bonds is 3. The SMILES string of the molecule is [Pt].[c-]1cc(Oc2ccccc2)ccc1-n1cccn1. The number of aromatic nitrogens is 2. The van der Waals surface area contributed by atoms with Crippen LogP contribution >= 0.6 is 0 Å². The molecule has 0 aliphatic carbocycles. The number of hydrogen-bond donors (Lipinski definition) is 0. The van der Waals surface area contributed by atoms with Gasteiger partial charge >= 0.3 is 0 Å². The Balaban J connectivity index is 0.00000133. The van der Waals surface area contributed by atoms with Crippen molar-refractivity contribution < 1.29 is 25.8 Å². The number of nitrogens with zero attached hydrogens (tertiary/aromatic N) is 2. The Bertz CT molecular complexity index is 606. The van der Waals surface area contributed by atoms with Crippen molar-refractivity contribution >= 4 is 0 Å². The molecule has 0 N–H and O–H groups in total. The van der Waals surface area contributed by atoms with Crippen LogP contribution in [0.1, 0.15) is 0 Å². The molecule has 0 atom stereocenters. The average molecular weight is 430 g/mol. The molecule has 0 radical (unpaired) electrons. The first kappa shape index (κ1) is 13.6. The Morgan fingerprint density at radius 3 is 2.42 bits per heavy atom. The Morgan fingerprint density at radius 1 is 0.947 bits per heavy atom.